The number of carbonyl (C=O) groups is 1. The lowest BCUT2D eigenvalue weighted by atomic mass is 10.2. The molecule has 0 aliphatic carbocycles. The van der Waals surface area contributed by atoms with Gasteiger partial charge in [-0.2, -0.15) is 0 Å². The van der Waals surface area contributed by atoms with Crippen molar-refractivity contribution in [3.8, 4) is 0 Å². The summed E-state index contributed by atoms with van der Waals surface area (Å²) in [6, 6.07) is 7.98. The zero-order valence-corrected chi connectivity index (χ0v) is 13.6. The number of hydrogen-bond acceptors (Lipinski definition) is 4. The van der Waals surface area contributed by atoms with Gasteiger partial charge in [0.1, 0.15) is 0 Å². The minimum Gasteiger partial charge on any atom is -0.326 e. The van der Waals surface area contributed by atoms with E-state index < -0.39 is 0 Å². The van der Waals surface area contributed by atoms with Crippen molar-refractivity contribution in [3.63, 3.8) is 0 Å². The summed E-state index contributed by atoms with van der Waals surface area (Å²) in [5.74, 6) is 0.00311. The minimum absolute atomic E-state index is 0.00311. The van der Waals surface area contributed by atoms with Gasteiger partial charge >= 0.3 is 0 Å². The zero-order valence-electron chi connectivity index (χ0n) is 13.6. The number of likely N-dealkylation sites (N-methyl/N-ethyl adjacent to an activating group) is 2. The Hall–Kier alpha value is -1.43. The molecule has 0 saturated heterocycles. The van der Waals surface area contributed by atoms with Gasteiger partial charge in [-0.3, -0.25) is 9.69 Å². The van der Waals surface area contributed by atoms with E-state index in [4.69, 9.17) is 5.73 Å². The second kappa shape index (κ2) is 8.77. The molecule has 21 heavy (non-hydrogen) atoms. The molecular formula is C16H28N4O. The first-order valence-electron chi connectivity index (χ1n) is 7.44. The summed E-state index contributed by atoms with van der Waals surface area (Å²) in [4.78, 5) is 16.5. The van der Waals surface area contributed by atoms with Crippen molar-refractivity contribution in [2.75, 3.05) is 39.0 Å². The summed E-state index contributed by atoms with van der Waals surface area (Å²) in [5, 5.41) is 2.96. The maximum atomic E-state index is 12.2. The van der Waals surface area contributed by atoms with E-state index in [2.05, 4.69) is 29.0 Å². The summed E-state index contributed by atoms with van der Waals surface area (Å²) in [6.07, 6.45) is 0. The molecule has 5 nitrogen and oxygen atoms in total. The van der Waals surface area contributed by atoms with Crippen LogP contribution >= 0.6 is 0 Å². The molecule has 0 aromatic heterocycles. The predicted molar refractivity (Wildman–Crippen MR) is 88.2 cm³/mol. The van der Waals surface area contributed by atoms with Crippen molar-refractivity contribution < 1.29 is 4.79 Å². The van der Waals surface area contributed by atoms with Crippen LogP contribution in [-0.2, 0) is 11.3 Å². The van der Waals surface area contributed by atoms with Crippen LogP contribution in [0.1, 0.15) is 19.4 Å². The average molecular weight is 292 g/mol. The Morgan fingerprint density at radius 3 is 2.57 bits per heavy atom. The van der Waals surface area contributed by atoms with Gasteiger partial charge in [0, 0.05) is 24.8 Å². The van der Waals surface area contributed by atoms with Gasteiger partial charge in [0.15, 0.2) is 0 Å². The van der Waals surface area contributed by atoms with Gasteiger partial charge in [0.25, 0.3) is 0 Å². The SMILES string of the molecule is CCN(CC(=O)Nc1ccccc1CN)C(C)CN(C)C. The van der Waals surface area contributed by atoms with Gasteiger partial charge in [0.05, 0.1) is 6.54 Å². The standard InChI is InChI=1S/C16H28N4O/c1-5-20(13(2)11-19(3)4)12-16(21)18-15-9-7-6-8-14(15)10-17/h6-9,13H,5,10-12,17H2,1-4H3,(H,18,21). The Balaban J connectivity index is 2.62. The van der Waals surface area contributed by atoms with Gasteiger partial charge in [-0.05, 0) is 39.2 Å². The highest BCUT2D eigenvalue weighted by Gasteiger charge is 2.16. The van der Waals surface area contributed by atoms with Crippen LogP contribution < -0.4 is 11.1 Å². The molecule has 1 amide bonds. The third kappa shape index (κ3) is 5.83. The third-order valence-corrected chi connectivity index (χ3v) is 3.52. The van der Waals surface area contributed by atoms with Crippen LogP contribution in [0.15, 0.2) is 24.3 Å². The maximum absolute atomic E-state index is 12.2. The van der Waals surface area contributed by atoms with Crippen LogP contribution in [0.3, 0.4) is 0 Å². The number of benzene rings is 1. The fraction of sp³-hybridized carbons (Fsp3) is 0.562. The molecule has 1 rings (SSSR count). The number of hydrogen-bond donors (Lipinski definition) is 2. The van der Waals surface area contributed by atoms with E-state index in [0.717, 1.165) is 24.3 Å². The normalized spacial score (nSPS) is 12.7. The monoisotopic (exact) mass is 292 g/mol. The highest BCUT2D eigenvalue weighted by atomic mass is 16.2. The number of nitrogens with two attached hydrogens (primary N) is 1. The topological polar surface area (TPSA) is 61.6 Å². The van der Waals surface area contributed by atoms with Crippen molar-refractivity contribution >= 4 is 11.6 Å². The van der Waals surface area contributed by atoms with Crippen molar-refractivity contribution in [2.24, 2.45) is 5.73 Å². The zero-order chi connectivity index (χ0) is 15.8. The molecule has 0 radical (unpaired) electrons. The molecule has 1 atom stereocenters. The first-order chi connectivity index (χ1) is 9.97. The molecule has 0 heterocycles. The Morgan fingerprint density at radius 1 is 1.33 bits per heavy atom. The highest BCUT2D eigenvalue weighted by molar-refractivity contribution is 5.93. The van der Waals surface area contributed by atoms with Gasteiger partial charge in [-0.25, -0.2) is 0 Å². The van der Waals surface area contributed by atoms with E-state index in [0.29, 0.717) is 19.1 Å². The van der Waals surface area contributed by atoms with Gasteiger partial charge in [0.2, 0.25) is 5.91 Å². The quantitative estimate of drug-likeness (QED) is 0.759. The van der Waals surface area contributed by atoms with Crippen molar-refractivity contribution in [3.05, 3.63) is 29.8 Å². The van der Waals surface area contributed by atoms with Crippen molar-refractivity contribution in [2.45, 2.75) is 26.4 Å². The number of carbonyl (C=O) groups excluding carboxylic acids is 1. The number of nitrogens with one attached hydrogen (secondary N) is 1. The van der Waals surface area contributed by atoms with Crippen LogP contribution in [0.2, 0.25) is 0 Å². The van der Waals surface area contributed by atoms with E-state index in [9.17, 15) is 4.79 Å². The molecule has 0 fully saturated rings. The maximum Gasteiger partial charge on any atom is 0.238 e. The minimum atomic E-state index is 0.00311. The predicted octanol–water partition coefficient (Wildman–Crippen LogP) is 1.36. The van der Waals surface area contributed by atoms with Gasteiger partial charge in [-0.1, -0.05) is 25.1 Å². The van der Waals surface area contributed by atoms with E-state index in [1.54, 1.807) is 0 Å². The van der Waals surface area contributed by atoms with Crippen LogP contribution in [0.25, 0.3) is 0 Å². The Morgan fingerprint density at radius 2 is 2.00 bits per heavy atom. The van der Waals surface area contributed by atoms with E-state index in [-0.39, 0.29) is 5.91 Å². The Kier molecular flexibility index (Phi) is 7.36. The number of nitrogens with zero attached hydrogens (tertiary/aromatic N) is 2. The first kappa shape index (κ1) is 17.6. The van der Waals surface area contributed by atoms with Crippen molar-refractivity contribution in [1.82, 2.24) is 9.80 Å². The molecule has 118 valence electrons. The molecular weight excluding hydrogens is 264 g/mol. The van der Waals surface area contributed by atoms with Gasteiger partial charge in [-0.15, -0.1) is 0 Å². The number of rotatable bonds is 8. The fourth-order valence-electron chi connectivity index (χ4n) is 2.42. The summed E-state index contributed by atoms with van der Waals surface area (Å²) >= 11 is 0. The summed E-state index contributed by atoms with van der Waals surface area (Å²) < 4.78 is 0. The van der Waals surface area contributed by atoms with Crippen LogP contribution in [-0.4, -0.2) is 55.5 Å². The molecule has 0 saturated carbocycles. The number of anilines is 1. The second-order valence-electron chi connectivity index (χ2n) is 5.58. The molecule has 0 aliphatic rings. The summed E-state index contributed by atoms with van der Waals surface area (Å²) in [5.41, 5.74) is 7.45. The Labute approximate surface area is 128 Å². The molecule has 3 N–H and O–H groups in total. The number of amides is 1. The third-order valence-electron chi connectivity index (χ3n) is 3.52. The molecule has 0 aliphatic heterocycles. The van der Waals surface area contributed by atoms with Crippen LogP contribution in [0.4, 0.5) is 5.69 Å². The first-order valence-corrected chi connectivity index (χ1v) is 7.44. The van der Waals surface area contributed by atoms with Gasteiger partial charge < -0.3 is 16.0 Å². The molecule has 0 spiro atoms. The van der Waals surface area contributed by atoms with Crippen molar-refractivity contribution in [1.29, 1.82) is 0 Å². The lowest BCUT2D eigenvalue weighted by Gasteiger charge is -2.29. The smallest absolute Gasteiger partial charge is 0.238 e. The fourth-order valence-corrected chi connectivity index (χ4v) is 2.42. The van der Waals surface area contributed by atoms with E-state index in [1.807, 2.05) is 38.4 Å². The lowest BCUT2D eigenvalue weighted by Crippen LogP contribution is -2.44. The molecule has 5 heteroatoms. The average Bonchev–Trinajstić information content (AvgIpc) is 2.44. The summed E-state index contributed by atoms with van der Waals surface area (Å²) in [7, 11) is 4.09. The molecule has 1 aromatic rings. The lowest BCUT2D eigenvalue weighted by molar-refractivity contribution is -0.117. The molecule has 1 aromatic carbocycles. The largest absolute Gasteiger partial charge is 0.326 e. The molecule has 1 unspecified atom stereocenters. The van der Waals surface area contributed by atoms with Crippen LogP contribution in [0, 0.1) is 0 Å². The van der Waals surface area contributed by atoms with Crippen LogP contribution in [0.5, 0.6) is 0 Å². The number of para-hydroxylation sites is 1. The second-order valence-corrected chi connectivity index (χ2v) is 5.58. The summed E-state index contributed by atoms with van der Waals surface area (Å²) in [6.45, 7) is 6.81. The van der Waals surface area contributed by atoms with E-state index in [1.165, 1.54) is 0 Å². The molecule has 0 bridgehead atoms. The highest BCUT2D eigenvalue weighted by Crippen LogP contribution is 2.14. The Bertz CT molecular complexity index is 448. The van der Waals surface area contributed by atoms with E-state index >= 15 is 0 Å².